The molecule has 0 aliphatic carbocycles. The van der Waals surface area contributed by atoms with E-state index in [-0.39, 0.29) is 19.0 Å². The quantitative estimate of drug-likeness (QED) is 0.543. The smallest absolute Gasteiger partial charge is 0.330 e. The standard InChI is InChI=1S/C4H9FN2O2S/c5-10(8,9)7-2-4(1-6)3-7/h4H,1-3,6H2. The molecule has 1 aliphatic heterocycles. The van der Waals surface area contributed by atoms with Crippen LogP contribution in [0.15, 0.2) is 0 Å². The topological polar surface area (TPSA) is 63.4 Å². The monoisotopic (exact) mass is 168 g/mol. The summed E-state index contributed by atoms with van der Waals surface area (Å²) in [6.45, 7) is 0.886. The van der Waals surface area contributed by atoms with Crippen molar-refractivity contribution < 1.29 is 12.3 Å². The number of rotatable bonds is 2. The SMILES string of the molecule is NCC1CN(S(=O)(=O)F)C1. The normalized spacial score (nSPS) is 22.6. The van der Waals surface area contributed by atoms with Gasteiger partial charge < -0.3 is 5.73 Å². The lowest BCUT2D eigenvalue weighted by Crippen LogP contribution is -2.51. The minimum atomic E-state index is -4.43. The highest BCUT2D eigenvalue weighted by atomic mass is 32.3. The molecule has 1 saturated heterocycles. The molecule has 6 heteroatoms. The Bertz CT molecular complexity index is 209. The van der Waals surface area contributed by atoms with E-state index in [1.165, 1.54) is 0 Å². The van der Waals surface area contributed by atoms with E-state index in [1.54, 1.807) is 0 Å². The lowest BCUT2D eigenvalue weighted by Gasteiger charge is -2.34. The van der Waals surface area contributed by atoms with Crippen molar-refractivity contribution in [2.24, 2.45) is 11.7 Å². The summed E-state index contributed by atoms with van der Waals surface area (Å²) in [5, 5.41) is 0. The minimum Gasteiger partial charge on any atom is -0.330 e. The summed E-state index contributed by atoms with van der Waals surface area (Å²) in [5.41, 5.74) is 5.20. The fraction of sp³-hybridized carbons (Fsp3) is 1.00. The summed E-state index contributed by atoms with van der Waals surface area (Å²) < 4.78 is 33.0. The molecule has 0 aromatic heterocycles. The molecule has 1 fully saturated rings. The van der Waals surface area contributed by atoms with Crippen LogP contribution >= 0.6 is 0 Å². The summed E-state index contributed by atoms with van der Waals surface area (Å²) in [6.07, 6.45) is 0. The highest BCUT2D eigenvalue weighted by Crippen LogP contribution is 2.18. The van der Waals surface area contributed by atoms with Crippen molar-refractivity contribution in [1.82, 2.24) is 4.31 Å². The molecule has 0 saturated carbocycles. The molecule has 0 aromatic rings. The van der Waals surface area contributed by atoms with Crippen molar-refractivity contribution in [3.8, 4) is 0 Å². The number of halogens is 1. The summed E-state index contributed by atoms with van der Waals surface area (Å²) >= 11 is 0. The first-order valence-corrected chi connectivity index (χ1v) is 4.28. The first-order chi connectivity index (χ1) is 4.54. The average molecular weight is 168 g/mol. The lowest BCUT2D eigenvalue weighted by atomic mass is 10.0. The van der Waals surface area contributed by atoms with Gasteiger partial charge in [-0.3, -0.25) is 0 Å². The minimum absolute atomic E-state index is 0.144. The van der Waals surface area contributed by atoms with Gasteiger partial charge in [-0.05, 0) is 12.5 Å². The number of hydrogen-bond acceptors (Lipinski definition) is 3. The molecular formula is C4H9FN2O2S. The van der Waals surface area contributed by atoms with Crippen LogP contribution in [-0.2, 0) is 10.4 Å². The van der Waals surface area contributed by atoms with Crippen LogP contribution in [0.4, 0.5) is 3.89 Å². The zero-order valence-electron chi connectivity index (χ0n) is 5.33. The van der Waals surface area contributed by atoms with Gasteiger partial charge in [0.05, 0.1) is 0 Å². The second kappa shape index (κ2) is 2.44. The molecule has 0 amide bonds. The molecule has 4 nitrogen and oxygen atoms in total. The van der Waals surface area contributed by atoms with Crippen LogP contribution < -0.4 is 5.73 Å². The lowest BCUT2D eigenvalue weighted by molar-refractivity contribution is 0.198. The third-order valence-electron chi connectivity index (χ3n) is 1.57. The van der Waals surface area contributed by atoms with E-state index in [1.807, 2.05) is 0 Å². The maximum Gasteiger partial charge on any atom is 0.374 e. The fourth-order valence-corrected chi connectivity index (χ4v) is 1.63. The van der Waals surface area contributed by atoms with Crippen molar-refractivity contribution in [3.63, 3.8) is 0 Å². The fourth-order valence-electron chi connectivity index (χ4n) is 0.850. The van der Waals surface area contributed by atoms with Gasteiger partial charge in [-0.15, -0.1) is 0 Å². The molecule has 0 bridgehead atoms. The highest BCUT2D eigenvalue weighted by molar-refractivity contribution is 7.84. The van der Waals surface area contributed by atoms with E-state index in [2.05, 4.69) is 0 Å². The molecule has 1 aliphatic rings. The van der Waals surface area contributed by atoms with E-state index < -0.39 is 10.4 Å². The van der Waals surface area contributed by atoms with Gasteiger partial charge in [0.25, 0.3) is 0 Å². The zero-order valence-corrected chi connectivity index (χ0v) is 6.14. The molecular weight excluding hydrogens is 159 g/mol. The summed E-state index contributed by atoms with van der Waals surface area (Å²) in [7, 11) is -4.43. The molecule has 0 atom stereocenters. The molecule has 1 rings (SSSR count). The van der Waals surface area contributed by atoms with Crippen molar-refractivity contribution >= 4 is 10.4 Å². The Morgan fingerprint density at radius 1 is 1.60 bits per heavy atom. The van der Waals surface area contributed by atoms with Gasteiger partial charge in [0.15, 0.2) is 0 Å². The average Bonchev–Trinajstić information content (AvgIpc) is 1.57. The van der Waals surface area contributed by atoms with Gasteiger partial charge in [0.1, 0.15) is 0 Å². The third kappa shape index (κ3) is 1.44. The van der Waals surface area contributed by atoms with Crippen LogP contribution in [0.25, 0.3) is 0 Å². The number of nitrogens with two attached hydrogens (primary N) is 1. The van der Waals surface area contributed by atoms with Crippen LogP contribution in [0.1, 0.15) is 0 Å². The Kier molecular flexibility index (Phi) is 1.93. The molecule has 0 radical (unpaired) electrons. The highest BCUT2D eigenvalue weighted by Gasteiger charge is 2.34. The Hall–Kier alpha value is -0.200. The van der Waals surface area contributed by atoms with Crippen molar-refractivity contribution in [2.75, 3.05) is 19.6 Å². The summed E-state index contributed by atoms with van der Waals surface area (Å²) in [6, 6.07) is 0. The Labute approximate surface area is 59.1 Å². The van der Waals surface area contributed by atoms with Crippen LogP contribution in [0.2, 0.25) is 0 Å². The largest absolute Gasteiger partial charge is 0.374 e. The van der Waals surface area contributed by atoms with Crippen molar-refractivity contribution in [1.29, 1.82) is 0 Å². The van der Waals surface area contributed by atoms with Gasteiger partial charge >= 0.3 is 10.4 Å². The van der Waals surface area contributed by atoms with Gasteiger partial charge in [0.2, 0.25) is 0 Å². The van der Waals surface area contributed by atoms with Crippen LogP contribution in [0.5, 0.6) is 0 Å². The molecule has 0 aromatic carbocycles. The van der Waals surface area contributed by atoms with Gasteiger partial charge in [0, 0.05) is 13.1 Å². The van der Waals surface area contributed by atoms with Crippen LogP contribution in [0.3, 0.4) is 0 Å². The van der Waals surface area contributed by atoms with E-state index in [0.717, 1.165) is 4.31 Å². The van der Waals surface area contributed by atoms with E-state index >= 15 is 0 Å². The van der Waals surface area contributed by atoms with Crippen molar-refractivity contribution in [3.05, 3.63) is 0 Å². The maximum absolute atomic E-state index is 12.0. The summed E-state index contributed by atoms with van der Waals surface area (Å²) in [4.78, 5) is 0. The Morgan fingerprint density at radius 2 is 2.10 bits per heavy atom. The van der Waals surface area contributed by atoms with Crippen molar-refractivity contribution in [2.45, 2.75) is 0 Å². The summed E-state index contributed by atoms with van der Waals surface area (Å²) in [5.74, 6) is 0.144. The Balaban J connectivity index is 2.41. The molecule has 10 heavy (non-hydrogen) atoms. The predicted molar refractivity (Wildman–Crippen MR) is 34.1 cm³/mol. The van der Waals surface area contributed by atoms with Crippen LogP contribution in [-0.4, -0.2) is 32.4 Å². The molecule has 2 N–H and O–H groups in total. The third-order valence-corrected chi connectivity index (χ3v) is 2.48. The second-order valence-corrected chi connectivity index (χ2v) is 3.70. The molecule has 1 heterocycles. The predicted octanol–water partition coefficient (Wildman–Crippen LogP) is -0.909. The molecule has 0 spiro atoms. The molecule has 0 unspecified atom stereocenters. The maximum atomic E-state index is 12.0. The first kappa shape index (κ1) is 7.90. The zero-order chi connectivity index (χ0) is 7.78. The van der Waals surface area contributed by atoms with E-state index in [4.69, 9.17) is 5.73 Å². The second-order valence-electron chi connectivity index (χ2n) is 2.36. The number of nitrogens with zero attached hydrogens (tertiary/aromatic N) is 1. The number of hydrogen-bond donors (Lipinski definition) is 1. The van der Waals surface area contributed by atoms with Gasteiger partial charge in [-0.25, -0.2) is 0 Å². The Morgan fingerprint density at radius 3 is 2.40 bits per heavy atom. The van der Waals surface area contributed by atoms with Gasteiger partial charge in [-0.1, -0.05) is 3.89 Å². The molecule has 60 valence electrons. The van der Waals surface area contributed by atoms with E-state index in [9.17, 15) is 12.3 Å². The first-order valence-electron chi connectivity index (χ1n) is 2.94. The van der Waals surface area contributed by atoms with Crippen LogP contribution in [0, 0.1) is 5.92 Å². The van der Waals surface area contributed by atoms with E-state index in [0.29, 0.717) is 6.54 Å². The van der Waals surface area contributed by atoms with Gasteiger partial charge in [-0.2, -0.15) is 12.7 Å².